The minimum absolute atomic E-state index is 0.373. The summed E-state index contributed by atoms with van der Waals surface area (Å²) in [6.45, 7) is 0. The summed E-state index contributed by atoms with van der Waals surface area (Å²) in [6.07, 6.45) is 0. The average Bonchev–Trinajstić information content (AvgIpc) is 2.37. The van der Waals surface area contributed by atoms with Crippen molar-refractivity contribution in [2.75, 3.05) is 5.73 Å². The summed E-state index contributed by atoms with van der Waals surface area (Å²) in [4.78, 5) is 0. The normalized spacial score (nSPS) is 12.4. The summed E-state index contributed by atoms with van der Waals surface area (Å²) in [5.41, 5.74) is 10.0. The Morgan fingerprint density at radius 3 is 2.58 bits per heavy atom. The van der Waals surface area contributed by atoms with E-state index in [9.17, 15) is 4.39 Å². The van der Waals surface area contributed by atoms with Gasteiger partial charge in [-0.1, -0.05) is 29.8 Å². The number of nitrogen functional groups attached to an aromatic ring is 1. The molecule has 0 aliphatic carbocycles. The molecule has 0 bridgehead atoms. The summed E-state index contributed by atoms with van der Waals surface area (Å²) in [5.74, 6) is 5.17. The van der Waals surface area contributed by atoms with Crippen LogP contribution in [-0.2, 0) is 0 Å². The first-order chi connectivity index (χ1) is 9.04. The first-order valence-corrected chi connectivity index (χ1v) is 6.66. The number of rotatable bonds is 3. The molecule has 0 saturated heterocycles. The fraction of sp³-hybridized carbons (Fsp3) is 0.0769. The minimum atomic E-state index is -0.547. The molecule has 2 rings (SSSR count). The van der Waals surface area contributed by atoms with Crippen molar-refractivity contribution >= 4 is 33.2 Å². The maximum Gasteiger partial charge on any atom is 0.142 e. The van der Waals surface area contributed by atoms with Crippen LogP contribution in [0.4, 0.5) is 10.1 Å². The maximum atomic E-state index is 14.1. The second kappa shape index (κ2) is 5.88. The third kappa shape index (κ3) is 2.90. The molecule has 0 saturated carbocycles. The molecule has 0 aliphatic rings. The predicted molar refractivity (Wildman–Crippen MR) is 79.1 cm³/mol. The standard InChI is InChI=1S/C13H12BrClFN3/c14-10-3-1-2-9(12(10)16)13(19-18)8-5-4-7(15)6-11(8)17/h1-6,13,19H,17-18H2. The molecule has 5 N–H and O–H groups in total. The van der Waals surface area contributed by atoms with E-state index in [2.05, 4.69) is 21.4 Å². The van der Waals surface area contributed by atoms with E-state index in [0.29, 0.717) is 26.3 Å². The van der Waals surface area contributed by atoms with Gasteiger partial charge in [-0.15, -0.1) is 0 Å². The number of benzene rings is 2. The first-order valence-electron chi connectivity index (χ1n) is 5.49. The van der Waals surface area contributed by atoms with Gasteiger partial charge in [0.25, 0.3) is 0 Å². The van der Waals surface area contributed by atoms with Gasteiger partial charge in [-0.25, -0.2) is 9.82 Å². The minimum Gasteiger partial charge on any atom is -0.398 e. The van der Waals surface area contributed by atoms with Gasteiger partial charge in [-0.2, -0.15) is 0 Å². The molecule has 6 heteroatoms. The van der Waals surface area contributed by atoms with Crippen molar-refractivity contribution in [3.8, 4) is 0 Å². The highest BCUT2D eigenvalue weighted by atomic mass is 79.9. The predicted octanol–water partition coefficient (Wildman–Crippen LogP) is 3.38. The second-order valence-electron chi connectivity index (χ2n) is 4.02. The van der Waals surface area contributed by atoms with Crippen molar-refractivity contribution in [3.05, 3.63) is 62.8 Å². The van der Waals surface area contributed by atoms with E-state index in [4.69, 9.17) is 23.2 Å². The highest BCUT2D eigenvalue weighted by Crippen LogP contribution is 2.31. The van der Waals surface area contributed by atoms with Gasteiger partial charge in [0.15, 0.2) is 0 Å². The van der Waals surface area contributed by atoms with Crippen LogP contribution in [0.3, 0.4) is 0 Å². The number of nitrogens with two attached hydrogens (primary N) is 2. The number of hydrogen-bond acceptors (Lipinski definition) is 3. The lowest BCUT2D eigenvalue weighted by Crippen LogP contribution is -2.30. The molecule has 2 aromatic rings. The van der Waals surface area contributed by atoms with Gasteiger partial charge in [0, 0.05) is 16.3 Å². The van der Waals surface area contributed by atoms with Crippen LogP contribution in [0.25, 0.3) is 0 Å². The molecule has 3 nitrogen and oxygen atoms in total. The Kier molecular flexibility index (Phi) is 4.42. The Morgan fingerprint density at radius 1 is 1.21 bits per heavy atom. The highest BCUT2D eigenvalue weighted by molar-refractivity contribution is 9.10. The molecule has 0 spiro atoms. The Morgan fingerprint density at radius 2 is 1.95 bits per heavy atom. The molecular formula is C13H12BrClFN3. The molecular weight excluding hydrogens is 333 g/mol. The Bertz CT molecular complexity index is 606. The molecule has 0 aromatic heterocycles. The van der Waals surface area contributed by atoms with Crippen LogP contribution >= 0.6 is 27.5 Å². The largest absolute Gasteiger partial charge is 0.398 e. The van der Waals surface area contributed by atoms with Crippen molar-refractivity contribution in [1.29, 1.82) is 0 Å². The van der Waals surface area contributed by atoms with Gasteiger partial charge in [0.1, 0.15) is 5.82 Å². The molecule has 1 atom stereocenters. The number of nitrogens with one attached hydrogen (secondary N) is 1. The smallest absolute Gasteiger partial charge is 0.142 e. The quantitative estimate of drug-likeness (QED) is 0.454. The summed E-state index contributed by atoms with van der Waals surface area (Å²) in [6, 6.07) is 9.48. The topological polar surface area (TPSA) is 64.1 Å². The zero-order chi connectivity index (χ0) is 14.0. The van der Waals surface area contributed by atoms with Crippen LogP contribution in [-0.4, -0.2) is 0 Å². The Balaban J connectivity index is 2.53. The van der Waals surface area contributed by atoms with Gasteiger partial charge in [-0.3, -0.25) is 5.84 Å². The van der Waals surface area contributed by atoms with Crippen molar-refractivity contribution < 1.29 is 4.39 Å². The molecule has 0 heterocycles. The van der Waals surface area contributed by atoms with Crippen molar-refractivity contribution in [1.82, 2.24) is 5.43 Å². The SMILES string of the molecule is NNC(c1ccc(Cl)cc1N)c1cccc(Br)c1F. The molecule has 100 valence electrons. The van der Waals surface area contributed by atoms with Crippen LogP contribution in [0.2, 0.25) is 5.02 Å². The number of hydrazine groups is 1. The number of hydrogen-bond donors (Lipinski definition) is 3. The molecule has 0 aliphatic heterocycles. The van der Waals surface area contributed by atoms with Gasteiger partial charge in [-0.05, 0) is 39.7 Å². The fourth-order valence-electron chi connectivity index (χ4n) is 1.90. The lowest BCUT2D eigenvalue weighted by Gasteiger charge is -2.20. The molecule has 2 aromatic carbocycles. The van der Waals surface area contributed by atoms with Gasteiger partial charge in [0.2, 0.25) is 0 Å². The summed E-state index contributed by atoms with van der Waals surface area (Å²) in [5, 5.41) is 0.520. The zero-order valence-electron chi connectivity index (χ0n) is 9.83. The van der Waals surface area contributed by atoms with Crippen molar-refractivity contribution in [2.24, 2.45) is 5.84 Å². The maximum absolute atomic E-state index is 14.1. The van der Waals surface area contributed by atoms with Crippen LogP contribution in [0, 0.1) is 5.82 Å². The Hall–Kier alpha value is -1.14. The lowest BCUT2D eigenvalue weighted by molar-refractivity contribution is 0.556. The molecule has 0 amide bonds. The number of halogens is 3. The van der Waals surface area contributed by atoms with Gasteiger partial charge in [0.05, 0.1) is 10.5 Å². The molecule has 19 heavy (non-hydrogen) atoms. The second-order valence-corrected chi connectivity index (χ2v) is 5.31. The zero-order valence-corrected chi connectivity index (χ0v) is 12.2. The highest BCUT2D eigenvalue weighted by Gasteiger charge is 2.20. The van der Waals surface area contributed by atoms with E-state index in [0.717, 1.165) is 0 Å². The van der Waals surface area contributed by atoms with Crippen LogP contribution < -0.4 is 17.0 Å². The number of anilines is 1. The van der Waals surface area contributed by atoms with Gasteiger partial charge < -0.3 is 5.73 Å². The molecule has 0 fully saturated rings. The monoisotopic (exact) mass is 343 g/mol. The van der Waals surface area contributed by atoms with Crippen molar-refractivity contribution in [3.63, 3.8) is 0 Å². The van der Waals surface area contributed by atoms with Crippen LogP contribution in [0.1, 0.15) is 17.2 Å². The van der Waals surface area contributed by atoms with Crippen molar-refractivity contribution in [2.45, 2.75) is 6.04 Å². The third-order valence-corrected chi connectivity index (χ3v) is 3.67. The van der Waals surface area contributed by atoms with E-state index in [1.807, 2.05) is 0 Å². The summed E-state index contributed by atoms with van der Waals surface area (Å²) in [7, 11) is 0. The van der Waals surface area contributed by atoms with Crippen LogP contribution in [0.15, 0.2) is 40.9 Å². The lowest BCUT2D eigenvalue weighted by atomic mass is 9.97. The Labute approximate surface area is 123 Å². The summed E-state index contributed by atoms with van der Waals surface area (Å²) >= 11 is 9.00. The average molecular weight is 345 g/mol. The summed E-state index contributed by atoms with van der Waals surface area (Å²) < 4.78 is 14.5. The van der Waals surface area contributed by atoms with E-state index in [1.165, 1.54) is 0 Å². The van der Waals surface area contributed by atoms with E-state index >= 15 is 0 Å². The van der Waals surface area contributed by atoms with Gasteiger partial charge >= 0.3 is 0 Å². The van der Waals surface area contributed by atoms with E-state index in [-0.39, 0.29) is 5.82 Å². The third-order valence-electron chi connectivity index (χ3n) is 2.82. The molecule has 0 radical (unpaired) electrons. The fourth-order valence-corrected chi connectivity index (χ4v) is 2.46. The van der Waals surface area contributed by atoms with E-state index in [1.54, 1.807) is 36.4 Å². The van der Waals surface area contributed by atoms with Crippen LogP contribution in [0.5, 0.6) is 0 Å². The van der Waals surface area contributed by atoms with E-state index < -0.39 is 6.04 Å². The first kappa shape index (κ1) is 14.3. The molecule has 1 unspecified atom stereocenters.